The van der Waals surface area contributed by atoms with Crippen LogP contribution in [0.3, 0.4) is 0 Å². The summed E-state index contributed by atoms with van der Waals surface area (Å²) in [5.41, 5.74) is 4.18. The quantitative estimate of drug-likeness (QED) is 0.856. The zero-order chi connectivity index (χ0) is 14.1. The van der Waals surface area contributed by atoms with Gasteiger partial charge in [-0.2, -0.15) is 0 Å². The molecule has 1 N–H and O–H groups in total. The van der Waals surface area contributed by atoms with E-state index < -0.39 is 0 Å². The largest absolute Gasteiger partial charge is 0.352 e. The summed E-state index contributed by atoms with van der Waals surface area (Å²) in [4.78, 5) is 13.1. The first kappa shape index (κ1) is 13.7. The molecule has 1 aliphatic rings. The van der Waals surface area contributed by atoms with Gasteiger partial charge in [0.2, 0.25) is 0 Å². The highest BCUT2D eigenvalue weighted by atomic mass is 35.5. The van der Waals surface area contributed by atoms with Gasteiger partial charge in [0.25, 0.3) is 5.91 Å². The maximum Gasteiger partial charge on any atom is 0.251 e. The van der Waals surface area contributed by atoms with E-state index in [1.165, 1.54) is 10.4 Å². The van der Waals surface area contributed by atoms with Gasteiger partial charge in [0.15, 0.2) is 0 Å². The molecule has 0 bridgehead atoms. The van der Waals surface area contributed by atoms with Crippen molar-refractivity contribution in [1.82, 2.24) is 5.32 Å². The van der Waals surface area contributed by atoms with Gasteiger partial charge >= 0.3 is 0 Å². The molecule has 1 unspecified atom stereocenters. The van der Waals surface area contributed by atoms with E-state index in [4.69, 9.17) is 11.6 Å². The number of fused-ring (bicyclic) bond motifs is 1. The minimum absolute atomic E-state index is 0.0128. The Balaban J connectivity index is 1.98. The normalized spacial score (nSPS) is 15.6. The van der Waals surface area contributed by atoms with E-state index in [0.29, 0.717) is 0 Å². The SMILES string of the molecule is CCc1ccsc1C(Cl)c1ccc2c(c1)C(=O)NCC2. The summed E-state index contributed by atoms with van der Waals surface area (Å²) in [6, 6.07) is 8.16. The zero-order valence-electron chi connectivity index (χ0n) is 11.3. The van der Waals surface area contributed by atoms with Crippen molar-refractivity contribution in [2.75, 3.05) is 6.54 Å². The van der Waals surface area contributed by atoms with E-state index in [9.17, 15) is 4.79 Å². The average molecular weight is 306 g/mol. The van der Waals surface area contributed by atoms with E-state index in [1.54, 1.807) is 11.3 Å². The minimum atomic E-state index is -0.176. The maximum atomic E-state index is 11.9. The number of carbonyl (C=O) groups excluding carboxylic acids is 1. The molecule has 0 saturated heterocycles. The summed E-state index contributed by atoms with van der Waals surface area (Å²) in [6.07, 6.45) is 1.88. The number of hydrogen-bond donors (Lipinski definition) is 1. The first-order chi connectivity index (χ1) is 9.70. The predicted molar refractivity (Wildman–Crippen MR) is 83.9 cm³/mol. The number of amides is 1. The van der Waals surface area contributed by atoms with Crippen LogP contribution in [-0.4, -0.2) is 12.5 Å². The number of alkyl halides is 1. The van der Waals surface area contributed by atoms with Crippen LogP contribution < -0.4 is 5.32 Å². The molecule has 3 rings (SSSR count). The van der Waals surface area contributed by atoms with Crippen LogP contribution in [0.4, 0.5) is 0 Å². The lowest BCUT2D eigenvalue weighted by Gasteiger charge is -2.19. The molecule has 0 spiro atoms. The molecule has 1 aliphatic heterocycles. The Morgan fingerprint density at radius 2 is 2.25 bits per heavy atom. The summed E-state index contributed by atoms with van der Waals surface area (Å²) in [7, 11) is 0. The molecule has 0 saturated carbocycles. The Kier molecular flexibility index (Phi) is 3.81. The van der Waals surface area contributed by atoms with Crippen LogP contribution in [0.1, 0.15) is 44.2 Å². The molecule has 2 heterocycles. The molecule has 2 aromatic rings. The van der Waals surface area contributed by atoms with Crippen molar-refractivity contribution in [3.8, 4) is 0 Å². The van der Waals surface area contributed by atoms with Gasteiger partial charge in [-0.1, -0.05) is 19.1 Å². The number of aryl methyl sites for hydroxylation is 1. The fourth-order valence-corrected chi connectivity index (χ4v) is 4.03. The maximum absolute atomic E-state index is 11.9. The van der Waals surface area contributed by atoms with Crippen molar-refractivity contribution in [2.45, 2.75) is 25.1 Å². The number of nitrogens with one attached hydrogen (secondary N) is 1. The first-order valence-corrected chi connectivity index (χ1v) is 8.13. The third-order valence-corrected chi connectivity index (χ3v) is 5.37. The summed E-state index contributed by atoms with van der Waals surface area (Å²) in [5.74, 6) is 0.0128. The molecule has 0 radical (unpaired) electrons. The summed E-state index contributed by atoms with van der Waals surface area (Å²) in [6.45, 7) is 2.86. The van der Waals surface area contributed by atoms with Gasteiger partial charge in [0, 0.05) is 17.0 Å². The molecule has 4 heteroatoms. The number of rotatable bonds is 3. The molecular formula is C16H16ClNOS. The van der Waals surface area contributed by atoms with Crippen molar-refractivity contribution in [1.29, 1.82) is 0 Å². The summed E-state index contributed by atoms with van der Waals surface area (Å²) >= 11 is 8.31. The smallest absolute Gasteiger partial charge is 0.251 e. The standard InChI is InChI=1S/C16H16ClNOS/c1-2-10-6-8-20-15(10)14(17)12-4-3-11-5-7-18-16(19)13(11)9-12/h3-4,6,8-9,14H,2,5,7H2,1H3,(H,18,19). The lowest BCUT2D eigenvalue weighted by molar-refractivity contribution is 0.0946. The molecule has 20 heavy (non-hydrogen) atoms. The Hall–Kier alpha value is -1.32. The molecule has 0 fully saturated rings. The van der Waals surface area contributed by atoms with Crippen molar-refractivity contribution < 1.29 is 4.79 Å². The number of benzene rings is 1. The van der Waals surface area contributed by atoms with Crippen LogP contribution in [0.5, 0.6) is 0 Å². The molecule has 1 aromatic heterocycles. The van der Waals surface area contributed by atoms with Gasteiger partial charge in [-0.15, -0.1) is 22.9 Å². The monoisotopic (exact) mass is 305 g/mol. The highest BCUT2D eigenvalue weighted by Gasteiger charge is 2.21. The number of thiophene rings is 1. The topological polar surface area (TPSA) is 29.1 Å². The molecular weight excluding hydrogens is 290 g/mol. The van der Waals surface area contributed by atoms with Crippen LogP contribution >= 0.6 is 22.9 Å². The van der Waals surface area contributed by atoms with Crippen molar-refractivity contribution in [3.05, 3.63) is 56.8 Å². The van der Waals surface area contributed by atoms with Gasteiger partial charge in [-0.3, -0.25) is 4.79 Å². The fraction of sp³-hybridized carbons (Fsp3) is 0.312. The van der Waals surface area contributed by atoms with Gasteiger partial charge in [-0.25, -0.2) is 0 Å². The Bertz CT molecular complexity index is 650. The molecule has 2 nitrogen and oxygen atoms in total. The second-order valence-electron chi connectivity index (χ2n) is 4.95. The second-order valence-corrected chi connectivity index (χ2v) is 6.33. The third-order valence-electron chi connectivity index (χ3n) is 3.74. The van der Waals surface area contributed by atoms with Crippen molar-refractivity contribution >= 4 is 28.8 Å². The first-order valence-electron chi connectivity index (χ1n) is 6.82. The Labute approximate surface area is 127 Å². The van der Waals surface area contributed by atoms with Crippen molar-refractivity contribution in [2.24, 2.45) is 0 Å². The average Bonchev–Trinajstić information content (AvgIpc) is 2.95. The van der Waals surface area contributed by atoms with Crippen LogP contribution in [0.15, 0.2) is 29.6 Å². The lowest BCUT2D eigenvalue weighted by atomic mass is 9.96. The van der Waals surface area contributed by atoms with E-state index in [0.717, 1.165) is 36.1 Å². The molecule has 0 aliphatic carbocycles. The van der Waals surface area contributed by atoms with Crippen LogP contribution in [-0.2, 0) is 12.8 Å². The third kappa shape index (κ3) is 2.36. The van der Waals surface area contributed by atoms with Gasteiger partial charge in [0.05, 0.1) is 5.38 Å². The number of halogens is 1. The predicted octanol–water partition coefficient (Wildman–Crippen LogP) is 3.92. The minimum Gasteiger partial charge on any atom is -0.352 e. The second kappa shape index (κ2) is 5.58. The zero-order valence-corrected chi connectivity index (χ0v) is 12.9. The van der Waals surface area contributed by atoms with Gasteiger partial charge in [-0.05, 0) is 47.0 Å². The highest BCUT2D eigenvalue weighted by molar-refractivity contribution is 7.10. The van der Waals surface area contributed by atoms with E-state index in [-0.39, 0.29) is 11.3 Å². The fourth-order valence-electron chi connectivity index (χ4n) is 2.60. The number of hydrogen-bond acceptors (Lipinski definition) is 2. The molecule has 1 aromatic carbocycles. The summed E-state index contributed by atoms with van der Waals surface area (Å²) < 4.78 is 0. The number of carbonyl (C=O) groups is 1. The Morgan fingerprint density at radius 3 is 3.05 bits per heavy atom. The van der Waals surface area contributed by atoms with E-state index >= 15 is 0 Å². The van der Waals surface area contributed by atoms with E-state index in [2.05, 4.69) is 23.7 Å². The highest BCUT2D eigenvalue weighted by Crippen LogP contribution is 2.36. The lowest BCUT2D eigenvalue weighted by Crippen LogP contribution is -2.31. The Morgan fingerprint density at radius 1 is 1.40 bits per heavy atom. The molecule has 104 valence electrons. The van der Waals surface area contributed by atoms with Crippen molar-refractivity contribution in [3.63, 3.8) is 0 Å². The summed E-state index contributed by atoms with van der Waals surface area (Å²) in [5, 5.41) is 4.78. The molecule has 1 atom stereocenters. The molecule has 1 amide bonds. The van der Waals surface area contributed by atoms with E-state index in [1.807, 2.05) is 18.2 Å². The van der Waals surface area contributed by atoms with Gasteiger partial charge in [0.1, 0.15) is 0 Å². The van der Waals surface area contributed by atoms with Crippen LogP contribution in [0.25, 0.3) is 0 Å². The van der Waals surface area contributed by atoms with Crippen LogP contribution in [0.2, 0.25) is 0 Å². The van der Waals surface area contributed by atoms with Crippen LogP contribution in [0, 0.1) is 0 Å². The van der Waals surface area contributed by atoms with Gasteiger partial charge < -0.3 is 5.32 Å².